The van der Waals surface area contributed by atoms with E-state index in [1.807, 2.05) is 24.3 Å². The summed E-state index contributed by atoms with van der Waals surface area (Å²) < 4.78 is 11.7. The number of ether oxygens (including phenoxy) is 2. The van der Waals surface area contributed by atoms with Gasteiger partial charge in [0.2, 0.25) is 11.8 Å². The first-order valence-electron chi connectivity index (χ1n) is 14.8. The molecule has 0 saturated carbocycles. The molecule has 12 heteroatoms. The van der Waals surface area contributed by atoms with Crippen LogP contribution < -0.4 is 9.64 Å². The van der Waals surface area contributed by atoms with Crippen molar-refractivity contribution in [1.29, 1.82) is 0 Å². The minimum Gasteiger partial charge on any atom is -0.480 e. The molecule has 1 aromatic carbocycles. The minimum atomic E-state index is -0.942. The molecule has 5 heterocycles. The zero-order valence-electron chi connectivity index (χ0n) is 24.2. The van der Waals surface area contributed by atoms with E-state index in [1.165, 1.54) is 6.42 Å². The Bertz CT molecular complexity index is 1420. The highest BCUT2D eigenvalue weighted by atomic mass is 35.5. The third-order valence-corrected chi connectivity index (χ3v) is 9.07. The molecule has 228 valence electrons. The first-order valence-corrected chi connectivity index (χ1v) is 15.5. The number of likely N-dealkylation sites (tertiary alicyclic amines) is 2. The summed E-state index contributed by atoms with van der Waals surface area (Å²) in [6.45, 7) is 5.09. The molecule has 3 fully saturated rings. The number of halogens is 2. The first-order chi connectivity index (χ1) is 20.8. The van der Waals surface area contributed by atoms with Crippen LogP contribution >= 0.6 is 23.2 Å². The van der Waals surface area contributed by atoms with Crippen LogP contribution in [0.1, 0.15) is 31.2 Å². The van der Waals surface area contributed by atoms with Crippen LogP contribution in [0.5, 0.6) is 11.6 Å². The molecule has 0 aliphatic carbocycles. The van der Waals surface area contributed by atoms with Gasteiger partial charge in [-0.15, -0.1) is 0 Å². The number of anilines is 1. The molecule has 2 unspecified atom stereocenters. The van der Waals surface area contributed by atoms with Gasteiger partial charge in [0.05, 0.1) is 24.2 Å². The molecule has 1 N–H and O–H groups in total. The summed E-state index contributed by atoms with van der Waals surface area (Å²) in [7, 11) is 2.22. The Balaban J connectivity index is 1.17. The Hall–Kier alpha value is -3.02. The Kier molecular flexibility index (Phi) is 9.30. The number of hydrogen-bond acceptors (Lipinski definition) is 9. The Morgan fingerprint density at radius 3 is 2.44 bits per heavy atom. The topological polar surface area (TPSA) is 104 Å². The van der Waals surface area contributed by atoms with Crippen LogP contribution in [0.4, 0.5) is 5.95 Å². The van der Waals surface area contributed by atoms with Crippen molar-refractivity contribution in [3.8, 4) is 22.9 Å². The lowest BCUT2D eigenvalue weighted by molar-refractivity contribution is -0.145. The number of carboxylic acids is 1. The number of hydrogen-bond donors (Lipinski definition) is 1. The fraction of sp³-hybridized carbons (Fsp3) is 0.484. The van der Waals surface area contributed by atoms with Crippen molar-refractivity contribution < 1.29 is 19.4 Å². The summed E-state index contributed by atoms with van der Waals surface area (Å²) in [5, 5.41) is 9.96. The Morgan fingerprint density at radius 1 is 0.977 bits per heavy atom. The lowest BCUT2D eigenvalue weighted by atomic mass is 9.93. The maximum Gasteiger partial charge on any atom is 0.329 e. The maximum atomic E-state index is 10.9. The first kappa shape index (κ1) is 30.0. The van der Waals surface area contributed by atoms with Gasteiger partial charge in [-0.3, -0.25) is 4.90 Å². The fourth-order valence-corrected chi connectivity index (χ4v) is 7.01. The van der Waals surface area contributed by atoms with Gasteiger partial charge in [-0.25, -0.2) is 19.7 Å². The zero-order chi connectivity index (χ0) is 29.9. The van der Waals surface area contributed by atoms with E-state index in [4.69, 9.17) is 42.8 Å². The molecule has 0 spiro atoms. The average Bonchev–Trinajstić information content (AvgIpc) is 3.36. The van der Waals surface area contributed by atoms with Crippen molar-refractivity contribution in [2.24, 2.45) is 5.92 Å². The maximum absolute atomic E-state index is 10.9. The van der Waals surface area contributed by atoms with Crippen LogP contribution in [0.2, 0.25) is 10.0 Å². The summed E-state index contributed by atoms with van der Waals surface area (Å²) in [6, 6.07) is 9.97. The highest BCUT2D eigenvalue weighted by Gasteiger charge is 2.37. The van der Waals surface area contributed by atoms with Crippen LogP contribution in [0.15, 0.2) is 42.7 Å². The summed E-state index contributed by atoms with van der Waals surface area (Å²) in [6.07, 6.45) is 7.28. The number of carbonyl (C=O) groups is 1. The Morgan fingerprint density at radius 2 is 1.72 bits per heavy atom. The number of nitrogens with zero attached hydrogens (tertiary/aromatic N) is 6. The summed E-state index contributed by atoms with van der Waals surface area (Å²) in [5.74, 6) is 1.38. The van der Waals surface area contributed by atoms with E-state index in [-0.39, 0.29) is 12.7 Å². The molecular formula is C31H36Cl2N6O4. The van der Waals surface area contributed by atoms with E-state index < -0.39 is 5.97 Å². The summed E-state index contributed by atoms with van der Waals surface area (Å²) in [5.41, 5.74) is 2.50. The monoisotopic (exact) mass is 626 g/mol. The lowest BCUT2D eigenvalue weighted by Gasteiger charge is -2.36. The molecule has 0 amide bonds. The molecule has 3 saturated heterocycles. The second-order valence-corrected chi connectivity index (χ2v) is 12.6. The van der Waals surface area contributed by atoms with Crippen molar-refractivity contribution in [2.75, 3.05) is 51.3 Å². The van der Waals surface area contributed by atoms with Gasteiger partial charge in [0.15, 0.2) is 5.75 Å². The highest BCUT2D eigenvalue weighted by Crippen LogP contribution is 2.33. The lowest BCUT2D eigenvalue weighted by Crippen LogP contribution is -2.45. The average molecular weight is 628 g/mol. The molecule has 3 aromatic rings. The van der Waals surface area contributed by atoms with Crippen molar-refractivity contribution >= 4 is 35.1 Å². The van der Waals surface area contributed by atoms with Crippen molar-refractivity contribution in [3.63, 3.8) is 0 Å². The second kappa shape index (κ2) is 13.3. The highest BCUT2D eigenvalue weighted by molar-refractivity contribution is 6.35. The number of carboxylic acid groups (broad SMARTS) is 1. The van der Waals surface area contributed by atoms with Crippen molar-refractivity contribution in [1.82, 2.24) is 24.8 Å². The van der Waals surface area contributed by atoms with Gasteiger partial charge in [0.1, 0.15) is 6.61 Å². The molecule has 0 bridgehead atoms. The Labute approximate surface area is 261 Å². The van der Waals surface area contributed by atoms with Crippen LogP contribution in [-0.2, 0) is 16.1 Å². The minimum absolute atomic E-state index is 0.0401. The number of aliphatic carboxylic acids is 1. The zero-order valence-corrected chi connectivity index (χ0v) is 25.7. The second-order valence-electron chi connectivity index (χ2n) is 11.7. The molecular weight excluding hydrogens is 591 g/mol. The third kappa shape index (κ3) is 7.56. The summed E-state index contributed by atoms with van der Waals surface area (Å²) >= 11 is 12.6. The van der Waals surface area contributed by atoms with Crippen LogP contribution in [0.25, 0.3) is 11.3 Å². The van der Waals surface area contributed by atoms with Crippen LogP contribution in [0, 0.1) is 5.92 Å². The number of rotatable bonds is 9. The van der Waals surface area contributed by atoms with Gasteiger partial charge in [-0.1, -0.05) is 23.2 Å². The molecule has 3 aliphatic rings. The smallest absolute Gasteiger partial charge is 0.329 e. The van der Waals surface area contributed by atoms with E-state index in [9.17, 15) is 4.79 Å². The fourth-order valence-electron chi connectivity index (χ4n) is 6.48. The van der Waals surface area contributed by atoms with Gasteiger partial charge >= 0.3 is 5.97 Å². The molecule has 43 heavy (non-hydrogen) atoms. The van der Waals surface area contributed by atoms with Gasteiger partial charge in [0, 0.05) is 60.4 Å². The van der Waals surface area contributed by atoms with E-state index in [0.717, 1.165) is 69.1 Å². The predicted octanol–water partition coefficient (Wildman–Crippen LogP) is 5.23. The van der Waals surface area contributed by atoms with E-state index in [0.29, 0.717) is 45.9 Å². The normalized spacial score (nSPS) is 21.6. The number of piperidine rings is 2. The molecule has 0 radical (unpaired) electrons. The molecule has 2 aromatic heterocycles. The SMILES string of the molecule is CN1CCC2CN(c3ncc(Oc4cc(CN5CCC(OCC(=O)O)CC5)cc(-c5cc(Cl)cc(Cl)c5)n4)cn3)CCC21. The van der Waals surface area contributed by atoms with Crippen LogP contribution in [-0.4, -0.2) is 94.4 Å². The van der Waals surface area contributed by atoms with Gasteiger partial charge in [-0.05, 0) is 75.0 Å². The van der Waals surface area contributed by atoms with E-state index >= 15 is 0 Å². The molecule has 10 nitrogen and oxygen atoms in total. The van der Waals surface area contributed by atoms with E-state index in [1.54, 1.807) is 18.5 Å². The number of aromatic nitrogens is 3. The van der Waals surface area contributed by atoms with Gasteiger partial charge in [0.25, 0.3) is 0 Å². The van der Waals surface area contributed by atoms with Crippen LogP contribution in [0.3, 0.4) is 0 Å². The quantitative estimate of drug-likeness (QED) is 0.339. The van der Waals surface area contributed by atoms with Crippen molar-refractivity contribution in [2.45, 2.75) is 44.4 Å². The summed E-state index contributed by atoms with van der Waals surface area (Å²) in [4.78, 5) is 32.0. The standard InChI is InChI=1S/C31H36Cl2N6O4/c1-37-6-2-21-18-39(9-5-28(21)37)31-34-15-26(16-35-31)43-29-11-20(10-27(36-29)22-12-23(32)14-24(33)13-22)17-38-7-3-25(4-8-38)42-19-30(40)41/h10-16,21,25,28H,2-9,17-19H2,1H3,(H,40,41). The largest absolute Gasteiger partial charge is 0.480 e. The van der Waals surface area contributed by atoms with E-state index in [2.05, 4.69) is 31.7 Å². The number of benzene rings is 1. The third-order valence-electron chi connectivity index (χ3n) is 8.64. The molecule has 6 rings (SSSR count). The molecule has 2 atom stereocenters. The van der Waals surface area contributed by atoms with Gasteiger partial charge < -0.3 is 24.4 Å². The number of pyridine rings is 1. The predicted molar refractivity (Wildman–Crippen MR) is 165 cm³/mol. The number of fused-ring (bicyclic) bond motifs is 1. The van der Waals surface area contributed by atoms with Gasteiger partial charge in [-0.2, -0.15) is 0 Å². The van der Waals surface area contributed by atoms with Crippen molar-refractivity contribution in [3.05, 3.63) is 58.3 Å². The molecule has 3 aliphatic heterocycles.